The zero-order valence-corrected chi connectivity index (χ0v) is 18.9. The van der Waals surface area contributed by atoms with Crippen molar-refractivity contribution in [3.05, 3.63) is 77.2 Å². The Hall–Kier alpha value is -3.75. The van der Waals surface area contributed by atoms with E-state index in [1.54, 1.807) is 12.3 Å². The lowest BCUT2D eigenvalue weighted by Crippen LogP contribution is -2.37. The Morgan fingerprint density at radius 3 is 2.76 bits per heavy atom. The Morgan fingerprint density at radius 1 is 1.03 bits per heavy atom. The van der Waals surface area contributed by atoms with Gasteiger partial charge in [-0.3, -0.25) is 9.69 Å². The Morgan fingerprint density at radius 2 is 1.91 bits per heavy atom. The van der Waals surface area contributed by atoms with Crippen molar-refractivity contribution in [1.29, 1.82) is 0 Å². The number of nitrogens with one attached hydrogen (secondary N) is 2. The molecule has 1 saturated heterocycles. The van der Waals surface area contributed by atoms with E-state index in [0.29, 0.717) is 18.2 Å². The van der Waals surface area contributed by atoms with E-state index in [0.717, 1.165) is 67.2 Å². The summed E-state index contributed by atoms with van der Waals surface area (Å²) in [4.78, 5) is 26.1. The van der Waals surface area contributed by atoms with Crippen LogP contribution in [0.25, 0.3) is 22.3 Å². The van der Waals surface area contributed by atoms with Crippen molar-refractivity contribution >= 4 is 22.4 Å². The van der Waals surface area contributed by atoms with E-state index in [9.17, 15) is 4.79 Å². The molecule has 174 valence electrons. The van der Waals surface area contributed by atoms with Gasteiger partial charge in [0.2, 0.25) is 5.56 Å². The highest BCUT2D eigenvalue weighted by molar-refractivity contribution is 5.92. The van der Waals surface area contributed by atoms with Gasteiger partial charge in [0.25, 0.3) is 0 Å². The fraction of sp³-hybridized carbons (Fsp3) is 0.269. The lowest BCUT2D eigenvalue weighted by Gasteiger charge is -2.26. The summed E-state index contributed by atoms with van der Waals surface area (Å²) in [6, 6.07) is 18.9. The van der Waals surface area contributed by atoms with Crippen molar-refractivity contribution in [1.82, 2.24) is 19.9 Å². The van der Waals surface area contributed by atoms with E-state index >= 15 is 0 Å². The van der Waals surface area contributed by atoms with Gasteiger partial charge in [-0.2, -0.15) is 0 Å². The Kier molecular flexibility index (Phi) is 6.78. The van der Waals surface area contributed by atoms with Gasteiger partial charge in [0.05, 0.1) is 31.0 Å². The van der Waals surface area contributed by atoms with Crippen LogP contribution in [0, 0.1) is 0 Å². The first kappa shape index (κ1) is 22.1. The number of fused-ring (bicyclic) bond motifs is 1. The van der Waals surface area contributed by atoms with Crippen LogP contribution in [0.1, 0.15) is 6.42 Å². The number of aromatic amines is 1. The van der Waals surface area contributed by atoms with Gasteiger partial charge in [-0.25, -0.2) is 9.97 Å². The average molecular weight is 458 g/mol. The van der Waals surface area contributed by atoms with E-state index in [1.807, 2.05) is 48.5 Å². The van der Waals surface area contributed by atoms with Gasteiger partial charge in [-0.1, -0.05) is 24.3 Å². The highest BCUT2D eigenvalue weighted by atomic mass is 16.5. The molecule has 0 bridgehead atoms. The number of ether oxygens (including phenoxy) is 2. The van der Waals surface area contributed by atoms with Gasteiger partial charge in [-0.15, -0.1) is 0 Å². The molecule has 0 atom stereocenters. The van der Waals surface area contributed by atoms with E-state index in [1.165, 1.54) is 6.07 Å². The number of benzene rings is 2. The first-order valence-corrected chi connectivity index (χ1v) is 11.5. The summed E-state index contributed by atoms with van der Waals surface area (Å²) >= 11 is 0. The second-order valence-electron chi connectivity index (χ2n) is 8.16. The van der Waals surface area contributed by atoms with Crippen molar-refractivity contribution in [2.24, 2.45) is 0 Å². The van der Waals surface area contributed by atoms with E-state index in [4.69, 9.17) is 19.4 Å². The van der Waals surface area contributed by atoms with Crippen LogP contribution in [0.15, 0.2) is 71.7 Å². The average Bonchev–Trinajstić information content (AvgIpc) is 2.89. The molecule has 5 rings (SSSR count). The minimum absolute atomic E-state index is 0.152. The maximum atomic E-state index is 11.4. The third-order valence-corrected chi connectivity index (χ3v) is 5.73. The molecule has 34 heavy (non-hydrogen) atoms. The zero-order valence-electron chi connectivity index (χ0n) is 18.9. The van der Waals surface area contributed by atoms with Crippen LogP contribution in [-0.4, -0.2) is 59.3 Å². The van der Waals surface area contributed by atoms with Crippen LogP contribution in [0.4, 0.5) is 11.5 Å². The number of morpholine rings is 1. The summed E-state index contributed by atoms with van der Waals surface area (Å²) < 4.78 is 11.4. The van der Waals surface area contributed by atoms with Crippen LogP contribution in [0.3, 0.4) is 0 Å². The van der Waals surface area contributed by atoms with Crippen molar-refractivity contribution < 1.29 is 9.47 Å². The number of hydrogen-bond acceptors (Lipinski definition) is 7. The fourth-order valence-electron chi connectivity index (χ4n) is 3.95. The fourth-order valence-corrected chi connectivity index (χ4v) is 3.95. The van der Waals surface area contributed by atoms with Gasteiger partial charge in [0, 0.05) is 42.8 Å². The monoisotopic (exact) mass is 457 g/mol. The summed E-state index contributed by atoms with van der Waals surface area (Å²) in [6.07, 6.45) is 2.59. The van der Waals surface area contributed by atoms with Crippen LogP contribution in [0.5, 0.6) is 5.75 Å². The van der Waals surface area contributed by atoms with Crippen LogP contribution >= 0.6 is 0 Å². The van der Waals surface area contributed by atoms with Crippen LogP contribution in [0.2, 0.25) is 0 Å². The number of anilines is 2. The van der Waals surface area contributed by atoms with Crippen molar-refractivity contribution in [3.8, 4) is 17.1 Å². The van der Waals surface area contributed by atoms with Gasteiger partial charge >= 0.3 is 0 Å². The van der Waals surface area contributed by atoms with Crippen molar-refractivity contribution in [3.63, 3.8) is 0 Å². The summed E-state index contributed by atoms with van der Waals surface area (Å²) in [5, 5.41) is 4.20. The molecule has 0 unspecified atom stereocenters. The van der Waals surface area contributed by atoms with E-state index in [2.05, 4.69) is 15.2 Å². The topological polar surface area (TPSA) is 92.4 Å². The second kappa shape index (κ2) is 10.5. The normalized spacial score (nSPS) is 14.2. The third kappa shape index (κ3) is 5.41. The molecule has 2 aromatic carbocycles. The maximum Gasteiger partial charge on any atom is 0.248 e. The molecule has 2 aromatic heterocycles. The molecule has 1 fully saturated rings. The predicted molar refractivity (Wildman–Crippen MR) is 133 cm³/mol. The Labute approximate surface area is 197 Å². The second-order valence-corrected chi connectivity index (χ2v) is 8.16. The molecule has 3 heterocycles. The SMILES string of the molecule is O=c1ccc(Nc2nc(-c3cccc(OCCCN4CCOCC4)c3)nc3ccccc23)c[nH]1. The summed E-state index contributed by atoms with van der Waals surface area (Å²) in [5.41, 5.74) is 2.30. The first-order valence-electron chi connectivity index (χ1n) is 11.5. The maximum absolute atomic E-state index is 11.4. The Balaban J connectivity index is 1.34. The number of para-hydroxylation sites is 1. The summed E-state index contributed by atoms with van der Waals surface area (Å²) in [6.45, 7) is 5.27. The summed E-state index contributed by atoms with van der Waals surface area (Å²) in [7, 11) is 0. The lowest BCUT2D eigenvalue weighted by atomic mass is 10.1. The summed E-state index contributed by atoms with van der Waals surface area (Å²) in [5.74, 6) is 2.07. The number of nitrogens with zero attached hydrogens (tertiary/aromatic N) is 3. The molecular weight excluding hydrogens is 430 g/mol. The van der Waals surface area contributed by atoms with Gasteiger partial charge in [0.15, 0.2) is 5.82 Å². The molecule has 1 aliphatic heterocycles. The third-order valence-electron chi connectivity index (χ3n) is 5.73. The predicted octanol–water partition coefficient (Wildman–Crippen LogP) is 3.83. The smallest absolute Gasteiger partial charge is 0.248 e. The number of aromatic nitrogens is 3. The Bertz CT molecular complexity index is 1300. The molecule has 8 heteroatoms. The minimum Gasteiger partial charge on any atom is -0.494 e. The number of pyridine rings is 1. The lowest BCUT2D eigenvalue weighted by molar-refractivity contribution is 0.0358. The molecule has 0 radical (unpaired) electrons. The number of rotatable bonds is 8. The van der Waals surface area contributed by atoms with Gasteiger partial charge in [0.1, 0.15) is 11.6 Å². The number of H-pyrrole nitrogens is 1. The van der Waals surface area contributed by atoms with Crippen molar-refractivity contribution in [2.75, 3.05) is 44.8 Å². The van der Waals surface area contributed by atoms with E-state index < -0.39 is 0 Å². The van der Waals surface area contributed by atoms with Crippen molar-refractivity contribution in [2.45, 2.75) is 6.42 Å². The van der Waals surface area contributed by atoms with Gasteiger partial charge in [-0.05, 0) is 36.8 Å². The molecule has 0 amide bonds. The quantitative estimate of drug-likeness (QED) is 0.389. The molecule has 4 aromatic rings. The molecule has 1 aliphatic rings. The molecule has 0 spiro atoms. The van der Waals surface area contributed by atoms with Crippen LogP contribution < -0.4 is 15.6 Å². The number of hydrogen-bond donors (Lipinski definition) is 2. The highest BCUT2D eigenvalue weighted by Gasteiger charge is 2.12. The van der Waals surface area contributed by atoms with Gasteiger partial charge < -0.3 is 19.8 Å². The standard InChI is InChI=1S/C26H27N5O3/c32-24-10-9-20(18-27-24)28-26-22-7-1-2-8-23(22)29-25(30-26)19-5-3-6-21(17-19)34-14-4-11-31-12-15-33-16-13-31/h1-3,5-10,17-18H,4,11-16H2,(H,27,32)(H,28,29,30). The van der Waals surface area contributed by atoms with E-state index in [-0.39, 0.29) is 5.56 Å². The molecular formula is C26H27N5O3. The molecule has 8 nitrogen and oxygen atoms in total. The highest BCUT2D eigenvalue weighted by Crippen LogP contribution is 2.28. The first-order chi connectivity index (χ1) is 16.7. The largest absolute Gasteiger partial charge is 0.494 e. The molecule has 2 N–H and O–H groups in total. The van der Waals surface area contributed by atoms with Crippen LogP contribution in [-0.2, 0) is 4.74 Å². The molecule has 0 saturated carbocycles. The minimum atomic E-state index is -0.152. The zero-order chi connectivity index (χ0) is 23.2. The molecule has 0 aliphatic carbocycles.